The van der Waals surface area contributed by atoms with Crippen molar-refractivity contribution in [3.05, 3.63) is 158 Å². The number of nitrogens with zero attached hydrogens (tertiary/aromatic N) is 1. The van der Waals surface area contributed by atoms with Crippen LogP contribution in [0.3, 0.4) is 0 Å². The summed E-state index contributed by atoms with van der Waals surface area (Å²) in [4.78, 5) is 38.2. The minimum Gasteiger partial charge on any atom is -0.756 e. The average molecular weight is 1350 g/mol. The molecule has 0 fully saturated rings. The van der Waals surface area contributed by atoms with Gasteiger partial charge in [-0.15, -0.1) is 0 Å². The van der Waals surface area contributed by atoms with Gasteiger partial charge in [-0.25, -0.2) is 0 Å². The molecule has 0 aliphatic rings. The summed E-state index contributed by atoms with van der Waals surface area (Å²) >= 11 is 0. The van der Waals surface area contributed by atoms with E-state index in [0.29, 0.717) is 17.4 Å². The molecule has 96 heavy (non-hydrogen) atoms. The zero-order valence-corrected chi connectivity index (χ0v) is 63.4. The van der Waals surface area contributed by atoms with Crippen molar-refractivity contribution in [2.45, 2.75) is 328 Å². The maximum Gasteiger partial charge on any atom is 0.306 e. The number of carbonyl (C=O) groups is 2. The minimum atomic E-state index is -4.66. The highest BCUT2D eigenvalue weighted by Gasteiger charge is 2.22. The highest BCUT2D eigenvalue weighted by Crippen LogP contribution is 2.38. The van der Waals surface area contributed by atoms with Gasteiger partial charge in [0.25, 0.3) is 7.82 Å². The van der Waals surface area contributed by atoms with E-state index < -0.39 is 26.5 Å². The molecule has 0 aromatic rings. The molecule has 0 bridgehead atoms. The summed E-state index contributed by atoms with van der Waals surface area (Å²) in [6.45, 7) is 4.02. The third-order valence-electron chi connectivity index (χ3n) is 16.5. The Morgan fingerprint density at radius 1 is 0.323 bits per heavy atom. The Balaban J connectivity index is 4.03. The Hall–Kier alpha value is -4.37. The highest BCUT2D eigenvalue weighted by molar-refractivity contribution is 7.45. The SMILES string of the molecule is CC/C=C\C/C=C\C/C=C\C/C=C\C/C=C\C/C=C\C/C=C\C/C=C\C/C=C\CCCCCCCCCC(=O)OC(COC(=O)CCCCCCCCCCCCCCCCCCCCCCCCCC/C=C\C/C=C\C/C=C\C/C=C\CC)COP(=O)([O-])OCC[N+](C)(C)C. The van der Waals surface area contributed by atoms with E-state index in [4.69, 9.17) is 18.5 Å². The number of ether oxygens (including phenoxy) is 2. The molecule has 0 N–H and O–H groups in total. The molecule has 0 rings (SSSR count). The number of rotatable bonds is 71. The second kappa shape index (κ2) is 74.8. The van der Waals surface area contributed by atoms with Gasteiger partial charge < -0.3 is 27.9 Å². The van der Waals surface area contributed by atoms with Gasteiger partial charge in [0.1, 0.15) is 19.8 Å². The van der Waals surface area contributed by atoms with Gasteiger partial charge in [0.2, 0.25) is 0 Å². The lowest BCUT2D eigenvalue weighted by atomic mass is 10.0. The van der Waals surface area contributed by atoms with Gasteiger partial charge in [0, 0.05) is 12.8 Å². The van der Waals surface area contributed by atoms with Crippen molar-refractivity contribution in [2.24, 2.45) is 0 Å². The fraction of sp³-hybridized carbons (Fsp3) is 0.674. The molecule has 9 nitrogen and oxygen atoms in total. The number of allylic oxidation sites excluding steroid dienone is 26. The molecule has 0 amide bonds. The molecule has 0 aromatic carbocycles. The lowest BCUT2D eigenvalue weighted by Gasteiger charge is -2.28. The van der Waals surface area contributed by atoms with Crippen molar-refractivity contribution >= 4 is 19.8 Å². The summed E-state index contributed by atoms with van der Waals surface area (Å²) in [5.74, 6) is -0.843. The van der Waals surface area contributed by atoms with Crippen LogP contribution in [0.2, 0.25) is 0 Å². The van der Waals surface area contributed by atoms with Crippen molar-refractivity contribution in [3.8, 4) is 0 Å². The zero-order chi connectivity index (χ0) is 69.7. The average Bonchev–Trinajstić information content (AvgIpc) is 2.74. The fourth-order valence-electron chi connectivity index (χ4n) is 10.6. The third kappa shape index (κ3) is 78.6. The van der Waals surface area contributed by atoms with Crippen LogP contribution in [0.15, 0.2) is 158 Å². The number of likely N-dealkylation sites (N-methyl/N-ethyl adjacent to an activating group) is 1. The summed E-state index contributed by atoms with van der Waals surface area (Å²) in [5, 5.41) is 0. The van der Waals surface area contributed by atoms with Crippen LogP contribution in [-0.2, 0) is 32.7 Å². The number of hydrogen-bond donors (Lipinski definition) is 0. The van der Waals surface area contributed by atoms with Gasteiger partial charge >= 0.3 is 11.9 Å². The predicted octanol–water partition coefficient (Wildman–Crippen LogP) is 25.6. The van der Waals surface area contributed by atoms with Gasteiger partial charge in [-0.05, 0) is 122 Å². The Kier molecular flexibility index (Phi) is 71.4. The summed E-state index contributed by atoms with van der Waals surface area (Å²) in [6.07, 6.45) is 112. The summed E-state index contributed by atoms with van der Waals surface area (Å²) in [7, 11) is 1.15. The Morgan fingerprint density at radius 3 is 0.833 bits per heavy atom. The van der Waals surface area contributed by atoms with E-state index in [9.17, 15) is 19.0 Å². The lowest BCUT2D eigenvalue weighted by Crippen LogP contribution is -2.37. The predicted molar refractivity (Wildman–Crippen MR) is 415 cm³/mol. The number of phosphoric ester groups is 1. The molecule has 0 aliphatic carbocycles. The molecule has 0 radical (unpaired) electrons. The fourth-order valence-corrected chi connectivity index (χ4v) is 11.4. The quantitative estimate of drug-likeness (QED) is 0.0195. The van der Waals surface area contributed by atoms with E-state index in [1.54, 1.807) is 0 Å². The number of quaternary nitrogens is 1. The van der Waals surface area contributed by atoms with E-state index in [1.165, 1.54) is 154 Å². The topological polar surface area (TPSA) is 111 Å². The Labute approximate surface area is 592 Å². The van der Waals surface area contributed by atoms with E-state index in [2.05, 4.69) is 172 Å². The first-order valence-electron chi connectivity index (χ1n) is 39.2. The van der Waals surface area contributed by atoms with Gasteiger partial charge in [-0.2, -0.15) is 0 Å². The van der Waals surface area contributed by atoms with Crippen molar-refractivity contribution < 1.29 is 42.1 Å². The number of esters is 2. The van der Waals surface area contributed by atoms with Crippen LogP contribution in [0.25, 0.3) is 0 Å². The molecule has 2 unspecified atom stereocenters. The zero-order valence-electron chi connectivity index (χ0n) is 62.5. The molecule has 0 spiro atoms. The van der Waals surface area contributed by atoms with Crippen molar-refractivity contribution in [3.63, 3.8) is 0 Å². The molecule has 0 saturated heterocycles. The van der Waals surface area contributed by atoms with E-state index >= 15 is 0 Å². The first-order valence-corrected chi connectivity index (χ1v) is 40.7. The number of phosphoric acid groups is 1. The standard InChI is InChI=1S/C86H146NO8P/c1-6-8-10-12-14-16-18-20-22-24-26-28-30-32-34-36-38-40-42-43-45-46-48-50-52-54-56-58-60-62-64-66-68-70-72-74-76-78-85(88)92-82-84(83-94-96(90,91)93-81-80-87(3,4)5)95-86(89)79-77-75-73-71-69-67-65-63-61-59-57-55-53-51-49-47-44-41-39-37-35-33-31-29-27-25-23-21-19-17-15-13-11-9-7-2/h8-11,14-17,20-23,26-29,33,35,39,41,47,49,53,55,59,61,84H,6-7,12-13,18-19,24-25,30-32,34,36-38,40,42-46,48,50-52,54,56-58,60,62-83H2,1-5H3/b10-8-,11-9-,16-14-,17-15-,22-20-,23-21-,28-26-,29-27-,35-33-,41-39-,49-47-,55-53-,61-59-. The van der Waals surface area contributed by atoms with Crippen LogP contribution in [-0.4, -0.2) is 70.0 Å². The monoisotopic (exact) mass is 1350 g/mol. The maximum absolute atomic E-state index is 12.9. The van der Waals surface area contributed by atoms with Gasteiger partial charge in [0.15, 0.2) is 6.10 Å². The van der Waals surface area contributed by atoms with Crippen LogP contribution in [0.5, 0.6) is 0 Å². The normalized spacial score (nSPS) is 13.9. The van der Waals surface area contributed by atoms with Crippen molar-refractivity contribution in [2.75, 3.05) is 47.5 Å². The molecule has 0 aromatic heterocycles. The molecular weight excluding hydrogens is 1210 g/mol. The number of hydrogen-bond acceptors (Lipinski definition) is 8. The largest absolute Gasteiger partial charge is 0.756 e. The van der Waals surface area contributed by atoms with E-state index in [-0.39, 0.29) is 32.0 Å². The minimum absolute atomic E-state index is 0.0390. The second-order valence-corrected chi connectivity index (χ2v) is 28.4. The number of carbonyl (C=O) groups excluding carboxylic acids is 2. The van der Waals surface area contributed by atoms with Crippen LogP contribution >= 0.6 is 7.82 Å². The summed E-state index contributed by atoms with van der Waals surface area (Å²) < 4.78 is 34.4. The van der Waals surface area contributed by atoms with E-state index in [0.717, 1.165) is 135 Å². The van der Waals surface area contributed by atoms with Crippen molar-refractivity contribution in [1.29, 1.82) is 0 Å². The maximum atomic E-state index is 12.9. The van der Waals surface area contributed by atoms with Gasteiger partial charge in [-0.3, -0.25) is 14.2 Å². The van der Waals surface area contributed by atoms with Crippen LogP contribution in [0.4, 0.5) is 0 Å². The molecule has 2 atom stereocenters. The third-order valence-corrected chi connectivity index (χ3v) is 17.5. The number of unbranched alkanes of at least 4 members (excludes halogenated alkanes) is 31. The molecule has 0 aliphatic heterocycles. The highest BCUT2D eigenvalue weighted by atomic mass is 31.2. The Bertz CT molecular complexity index is 2180. The summed E-state index contributed by atoms with van der Waals surface area (Å²) in [6, 6.07) is 0. The Morgan fingerprint density at radius 2 is 0.562 bits per heavy atom. The van der Waals surface area contributed by atoms with Crippen LogP contribution in [0.1, 0.15) is 322 Å². The van der Waals surface area contributed by atoms with Gasteiger partial charge in [0.05, 0.1) is 27.7 Å². The van der Waals surface area contributed by atoms with Crippen LogP contribution in [0, 0.1) is 0 Å². The van der Waals surface area contributed by atoms with E-state index in [1.807, 2.05) is 21.1 Å². The second-order valence-electron chi connectivity index (χ2n) is 27.0. The smallest absolute Gasteiger partial charge is 0.306 e. The summed E-state index contributed by atoms with van der Waals surface area (Å²) in [5.41, 5.74) is 0. The van der Waals surface area contributed by atoms with Crippen LogP contribution < -0.4 is 4.89 Å². The first-order chi connectivity index (χ1) is 47.0. The van der Waals surface area contributed by atoms with Gasteiger partial charge in [-0.1, -0.05) is 345 Å². The molecule has 548 valence electrons. The molecular formula is C86H146NO8P. The lowest BCUT2D eigenvalue weighted by molar-refractivity contribution is -0.870. The van der Waals surface area contributed by atoms with Crippen molar-refractivity contribution in [1.82, 2.24) is 0 Å². The molecule has 0 saturated carbocycles. The first kappa shape index (κ1) is 91.6. The molecule has 10 heteroatoms. The molecule has 0 heterocycles.